The fourth-order valence-electron chi connectivity index (χ4n) is 7.23. The molecule has 3 heterocycles. The van der Waals surface area contributed by atoms with Crippen LogP contribution < -0.4 is 0 Å². The van der Waals surface area contributed by atoms with E-state index in [2.05, 4.69) is 227 Å². The van der Waals surface area contributed by atoms with Crippen molar-refractivity contribution in [1.29, 1.82) is 0 Å². The SMILES string of the molecule is Brc1ccc2c(c1)c1cc(Br)ccc1n2-c1ccc(C#Cc2ccc(C#Cc3ccc(-n4c5ccc(Br)cc5c5cc(Br)ccc54)cc3)c3nsnc23)cc1. The number of rotatable bonds is 2. The molecule has 0 aliphatic heterocycles. The molecule has 0 atom stereocenters. The average molecular weight is 982 g/mol. The molecular weight excluding hydrogens is 960 g/mol. The molecule has 260 valence electrons. The van der Waals surface area contributed by atoms with Gasteiger partial charge in [0.05, 0.1) is 44.9 Å². The third-order valence-corrected chi connectivity index (χ3v) is 12.2. The first-order valence-electron chi connectivity index (χ1n) is 17.2. The van der Waals surface area contributed by atoms with Crippen molar-refractivity contribution in [2.75, 3.05) is 0 Å². The Kier molecular flexibility index (Phi) is 8.74. The highest BCUT2D eigenvalue weighted by atomic mass is 79.9. The van der Waals surface area contributed by atoms with Gasteiger partial charge in [-0.05, 0) is 133 Å². The molecule has 0 radical (unpaired) electrons. The molecule has 0 fully saturated rings. The molecule has 0 amide bonds. The Morgan fingerprint density at radius 3 is 1.04 bits per heavy atom. The normalized spacial score (nSPS) is 11.3. The van der Waals surface area contributed by atoms with Crippen LogP contribution in [-0.2, 0) is 0 Å². The molecule has 0 unspecified atom stereocenters. The van der Waals surface area contributed by atoms with Crippen LogP contribution >= 0.6 is 75.4 Å². The van der Waals surface area contributed by atoms with Crippen LogP contribution in [0.3, 0.4) is 0 Å². The number of benzene rings is 7. The van der Waals surface area contributed by atoms with E-state index in [1.165, 1.54) is 33.3 Å². The first-order chi connectivity index (χ1) is 26.9. The lowest BCUT2D eigenvalue weighted by Gasteiger charge is -2.08. The van der Waals surface area contributed by atoms with Gasteiger partial charge in [-0.25, -0.2) is 0 Å². The van der Waals surface area contributed by atoms with Gasteiger partial charge in [0.15, 0.2) is 0 Å². The van der Waals surface area contributed by atoms with Crippen LogP contribution in [-0.4, -0.2) is 17.9 Å². The Morgan fingerprint density at radius 2 is 0.709 bits per heavy atom. The van der Waals surface area contributed by atoms with E-state index in [9.17, 15) is 0 Å². The monoisotopic (exact) mass is 978 g/mol. The summed E-state index contributed by atoms with van der Waals surface area (Å²) >= 11 is 15.8. The van der Waals surface area contributed by atoms with Gasteiger partial charge < -0.3 is 9.13 Å². The van der Waals surface area contributed by atoms with Crippen molar-refractivity contribution >= 4 is 130 Å². The second kappa shape index (κ2) is 13.9. The minimum Gasteiger partial charge on any atom is -0.309 e. The molecule has 0 aliphatic carbocycles. The van der Waals surface area contributed by atoms with Gasteiger partial charge >= 0.3 is 0 Å². The smallest absolute Gasteiger partial charge is 0.121 e. The summed E-state index contributed by atoms with van der Waals surface area (Å²) in [5.74, 6) is 13.4. The quantitative estimate of drug-likeness (QED) is 0.162. The van der Waals surface area contributed by atoms with Gasteiger partial charge in [-0.3, -0.25) is 0 Å². The van der Waals surface area contributed by atoms with Gasteiger partial charge in [0, 0.05) is 61.9 Å². The largest absolute Gasteiger partial charge is 0.309 e. The summed E-state index contributed by atoms with van der Waals surface area (Å²) in [6.45, 7) is 0. The number of halogens is 4. The lowest BCUT2D eigenvalue weighted by Crippen LogP contribution is -1.93. The van der Waals surface area contributed by atoms with Crippen molar-refractivity contribution < 1.29 is 0 Å². The van der Waals surface area contributed by atoms with Gasteiger partial charge in [0.1, 0.15) is 11.0 Å². The molecule has 0 saturated carbocycles. The molecule has 55 heavy (non-hydrogen) atoms. The highest BCUT2D eigenvalue weighted by Crippen LogP contribution is 2.37. The van der Waals surface area contributed by atoms with Crippen molar-refractivity contribution in [3.05, 3.63) is 174 Å². The molecule has 3 aromatic heterocycles. The fourth-order valence-corrected chi connectivity index (χ4v) is 9.24. The van der Waals surface area contributed by atoms with Crippen molar-refractivity contribution in [1.82, 2.24) is 17.9 Å². The van der Waals surface area contributed by atoms with Gasteiger partial charge in [-0.2, -0.15) is 8.75 Å². The van der Waals surface area contributed by atoms with Gasteiger partial charge in [0.25, 0.3) is 0 Å². The molecule has 4 nitrogen and oxygen atoms in total. The predicted octanol–water partition coefficient (Wildman–Crippen LogP) is 13.7. The van der Waals surface area contributed by atoms with Crippen molar-refractivity contribution in [2.45, 2.75) is 0 Å². The van der Waals surface area contributed by atoms with Crippen molar-refractivity contribution in [3.63, 3.8) is 0 Å². The lowest BCUT2D eigenvalue weighted by atomic mass is 10.1. The maximum Gasteiger partial charge on any atom is 0.121 e. The van der Waals surface area contributed by atoms with E-state index in [1.54, 1.807) is 0 Å². The summed E-state index contributed by atoms with van der Waals surface area (Å²) in [6.07, 6.45) is 0. The number of hydrogen-bond acceptors (Lipinski definition) is 3. The number of hydrogen-bond donors (Lipinski definition) is 0. The van der Waals surface area contributed by atoms with Crippen LogP contribution in [0.4, 0.5) is 0 Å². The Balaban J connectivity index is 0.928. The molecule has 0 aliphatic rings. The first-order valence-corrected chi connectivity index (χ1v) is 21.1. The zero-order valence-corrected chi connectivity index (χ0v) is 35.6. The van der Waals surface area contributed by atoms with E-state index < -0.39 is 0 Å². The predicted molar refractivity (Wildman–Crippen MR) is 242 cm³/mol. The van der Waals surface area contributed by atoms with Crippen LogP contribution in [0.15, 0.2) is 151 Å². The number of nitrogens with zero attached hydrogens (tertiary/aromatic N) is 4. The van der Waals surface area contributed by atoms with Crippen LogP contribution in [0.25, 0.3) is 66.0 Å². The van der Waals surface area contributed by atoms with Gasteiger partial charge in [-0.1, -0.05) is 87.4 Å². The second-order valence-corrected chi connectivity index (χ2v) is 17.2. The first kappa shape index (κ1) is 34.5. The summed E-state index contributed by atoms with van der Waals surface area (Å²) in [5.41, 5.74) is 11.8. The molecule has 10 rings (SSSR count). The second-order valence-electron chi connectivity index (χ2n) is 13.0. The molecular formula is C46H22Br4N4S. The zero-order valence-electron chi connectivity index (χ0n) is 28.4. The van der Waals surface area contributed by atoms with E-state index in [4.69, 9.17) is 0 Å². The Hall–Kier alpha value is -5.00. The minimum atomic E-state index is 0.767. The molecule has 0 N–H and O–H groups in total. The molecule has 10 aromatic rings. The van der Waals surface area contributed by atoms with Crippen LogP contribution in [0.2, 0.25) is 0 Å². The summed E-state index contributed by atoms with van der Waals surface area (Å²) in [7, 11) is 0. The van der Waals surface area contributed by atoms with E-state index in [0.717, 1.165) is 84.6 Å². The Morgan fingerprint density at radius 1 is 0.382 bits per heavy atom. The maximum absolute atomic E-state index is 4.61. The highest BCUT2D eigenvalue weighted by molar-refractivity contribution is 9.11. The van der Waals surface area contributed by atoms with E-state index in [0.29, 0.717) is 0 Å². The Bertz CT molecular complexity index is 2980. The van der Waals surface area contributed by atoms with Crippen LogP contribution in [0, 0.1) is 23.7 Å². The fraction of sp³-hybridized carbons (Fsp3) is 0. The van der Waals surface area contributed by atoms with Crippen LogP contribution in [0.5, 0.6) is 0 Å². The molecule has 0 bridgehead atoms. The number of aromatic nitrogens is 4. The highest BCUT2D eigenvalue weighted by Gasteiger charge is 2.15. The zero-order chi connectivity index (χ0) is 37.2. The average Bonchev–Trinajstić information content (AvgIpc) is 3.90. The summed E-state index contributed by atoms with van der Waals surface area (Å²) < 4.78 is 18.0. The molecule has 0 saturated heterocycles. The molecule has 7 aromatic carbocycles. The van der Waals surface area contributed by atoms with E-state index >= 15 is 0 Å². The summed E-state index contributed by atoms with van der Waals surface area (Å²) in [5, 5.41) is 4.78. The topological polar surface area (TPSA) is 35.6 Å². The van der Waals surface area contributed by atoms with Gasteiger partial charge in [-0.15, -0.1) is 0 Å². The standard InChI is InChI=1S/C46H22Br4N4S/c47-31-11-19-41-37(23-31)38-24-32(48)12-20-42(38)53(41)35-15-3-27(4-16-35)1-7-29-9-10-30(46-45(29)51-55-52-46)8-2-28-5-17-36(18-6-28)54-43-21-13-33(49)25-39(43)40-26-34(50)14-22-44(40)54/h3-6,9-26H. The Labute approximate surface area is 353 Å². The molecule has 0 spiro atoms. The van der Waals surface area contributed by atoms with Crippen LogP contribution in [0.1, 0.15) is 22.3 Å². The maximum atomic E-state index is 4.61. The minimum absolute atomic E-state index is 0.767. The number of fused-ring (bicyclic) bond motifs is 7. The summed E-state index contributed by atoms with van der Waals surface area (Å²) in [6, 6.07) is 46.4. The lowest BCUT2D eigenvalue weighted by molar-refractivity contribution is 1.18. The summed E-state index contributed by atoms with van der Waals surface area (Å²) in [4.78, 5) is 0. The molecule has 9 heteroatoms. The van der Waals surface area contributed by atoms with Gasteiger partial charge in [0.2, 0.25) is 0 Å². The third-order valence-electron chi connectivity index (χ3n) is 9.73. The van der Waals surface area contributed by atoms with E-state index in [1.807, 2.05) is 12.1 Å². The third kappa shape index (κ3) is 6.21. The van der Waals surface area contributed by atoms with Crippen molar-refractivity contribution in [3.8, 4) is 35.1 Å². The van der Waals surface area contributed by atoms with Crippen molar-refractivity contribution in [2.24, 2.45) is 0 Å². The van der Waals surface area contributed by atoms with E-state index in [-0.39, 0.29) is 0 Å².